The SMILES string of the molecule is CC/C=C\C/C=C\C/C=C\C/C=C\CCCCC(=O)NC(COP(=O)(O)OCC[N+](C)(C)C)C(O)/C=C/CC/C=C/CCCCCCCCCCCC. The second-order valence-electron chi connectivity index (χ2n) is 15.0. The van der Waals surface area contributed by atoms with Crippen LogP contribution in [0.3, 0.4) is 0 Å². The smallest absolute Gasteiger partial charge is 0.387 e. The van der Waals surface area contributed by atoms with Gasteiger partial charge in [-0.05, 0) is 70.6 Å². The molecule has 0 fully saturated rings. The van der Waals surface area contributed by atoms with E-state index in [0.717, 1.165) is 57.8 Å². The first-order valence-corrected chi connectivity index (χ1v) is 22.3. The number of aliphatic hydroxyl groups excluding tert-OH is 1. The molecular weight excluding hydrogens is 683 g/mol. The predicted molar refractivity (Wildman–Crippen MR) is 226 cm³/mol. The van der Waals surface area contributed by atoms with Gasteiger partial charge in [-0.25, -0.2) is 4.57 Å². The average molecular weight is 764 g/mol. The maximum Gasteiger partial charge on any atom is 0.472 e. The highest BCUT2D eigenvalue weighted by atomic mass is 31.2. The summed E-state index contributed by atoms with van der Waals surface area (Å²) < 4.78 is 23.5. The number of nitrogens with zero attached hydrogens (tertiary/aromatic N) is 1. The van der Waals surface area contributed by atoms with Crippen molar-refractivity contribution in [2.24, 2.45) is 0 Å². The van der Waals surface area contributed by atoms with Gasteiger partial charge in [-0.15, -0.1) is 0 Å². The first-order valence-electron chi connectivity index (χ1n) is 20.8. The summed E-state index contributed by atoms with van der Waals surface area (Å²) in [6, 6.07) is -0.887. The molecule has 0 saturated carbocycles. The van der Waals surface area contributed by atoms with E-state index >= 15 is 0 Å². The molecule has 1 amide bonds. The van der Waals surface area contributed by atoms with E-state index in [1.54, 1.807) is 6.08 Å². The zero-order chi connectivity index (χ0) is 39.3. The van der Waals surface area contributed by atoms with Gasteiger partial charge in [0.2, 0.25) is 5.91 Å². The molecule has 0 aromatic rings. The first kappa shape index (κ1) is 50.9. The normalized spacial score (nSPS) is 15.2. The van der Waals surface area contributed by atoms with Gasteiger partial charge in [-0.2, -0.15) is 0 Å². The van der Waals surface area contributed by atoms with Crippen molar-refractivity contribution in [2.45, 2.75) is 161 Å². The molecule has 0 aliphatic carbocycles. The fourth-order valence-electron chi connectivity index (χ4n) is 5.34. The number of hydrogen-bond donors (Lipinski definition) is 3. The van der Waals surface area contributed by atoms with Gasteiger partial charge in [0.25, 0.3) is 0 Å². The topological polar surface area (TPSA) is 105 Å². The molecule has 0 aliphatic heterocycles. The molecule has 0 aromatic heterocycles. The Morgan fingerprint density at radius 2 is 1.15 bits per heavy atom. The maximum absolute atomic E-state index is 12.8. The number of carbonyl (C=O) groups excluding carboxylic acids is 1. The number of hydrogen-bond acceptors (Lipinski definition) is 5. The van der Waals surface area contributed by atoms with Gasteiger partial charge < -0.3 is 19.8 Å². The molecule has 0 aromatic carbocycles. The van der Waals surface area contributed by atoms with Crippen LogP contribution in [0.4, 0.5) is 0 Å². The summed E-state index contributed by atoms with van der Waals surface area (Å²) in [5.74, 6) is -0.232. The third-order valence-corrected chi connectivity index (χ3v) is 9.64. The minimum atomic E-state index is -4.36. The Labute approximate surface area is 325 Å². The minimum Gasteiger partial charge on any atom is -0.387 e. The van der Waals surface area contributed by atoms with Crippen LogP contribution in [0.1, 0.15) is 149 Å². The van der Waals surface area contributed by atoms with Crippen molar-refractivity contribution in [3.63, 3.8) is 0 Å². The van der Waals surface area contributed by atoms with Gasteiger partial charge in [0.15, 0.2) is 0 Å². The number of carbonyl (C=O) groups is 1. The molecule has 0 rings (SSSR count). The quantitative estimate of drug-likeness (QED) is 0.0254. The third-order valence-electron chi connectivity index (χ3n) is 8.66. The standard InChI is InChI=1S/C44H79N2O6P/c1-6-8-10-12-14-16-18-20-22-24-25-27-29-31-33-35-37-43(47)42(41-52-53(49,50)51-40-39-46(3,4)5)45-44(48)38-36-34-32-30-28-26-23-21-19-17-15-13-11-9-7-2/h9,11,15,17,21,23,27-30,35,37,42-43,47H,6-8,10,12-14,16,18-20,22,24-26,31-34,36,38-41H2,1-5H3,(H-,45,48,49,50)/p+1/b11-9-,17-15-,23-21-,29-27+,30-28-,37-35+. The molecule has 3 unspecified atom stereocenters. The Hall–Kier alpha value is -2.06. The van der Waals surface area contributed by atoms with E-state index in [9.17, 15) is 19.4 Å². The number of rotatable bonds is 36. The Morgan fingerprint density at radius 1 is 0.660 bits per heavy atom. The van der Waals surface area contributed by atoms with Crippen molar-refractivity contribution in [1.29, 1.82) is 0 Å². The summed E-state index contributed by atoms with van der Waals surface area (Å²) in [5.41, 5.74) is 0. The second-order valence-corrected chi connectivity index (χ2v) is 16.4. The van der Waals surface area contributed by atoms with E-state index in [2.05, 4.69) is 79.9 Å². The number of phosphoric ester groups is 1. The molecule has 0 spiro atoms. The molecular formula is C44H80N2O6P+. The van der Waals surface area contributed by atoms with Gasteiger partial charge in [-0.1, -0.05) is 145 Å². The second kappa shape index (κ2) is 35.6. The summed E-state index contributed by atoms with van der Waals surface area (Å²) in [7, 11) is 1.51. The molecule has 306 valence electrons. The molecule has 8 nitrogen and oxygen atoms in total. The summed E-state index contributed by atoms with van der Waals surface area (Å²) in [5, 5.41) is 13.7. The lowest BCUT2D eigenvalue weighted by Gasteiger charge is -2.25. The predicted octanol–water partition coefficient (Wildman–Crippen LogP) is 11.2. The number of unbranched alkanes of at least 4 members (excludes halogenated alkanes) is 13. The zero-order valence-electron chi connectivity index (χ0n) is 34.5. The summed E-state index contributed by atoms with van der Waals surface area (Å²) in [6.45, 7) is 4.61. The molecule has 9 heteroatoms. The van der Waals surface area contributed by atoms with Crippen LogP contribution in [0.5, 0.6) is 0 Å². The molecule has 0 bridgehead atoms. The van der Waals surface area contributed by atoms with Gasteiger partial charge in [0, 0.05) is 6.42 Å². The summed E-state index contributed by atoms with van der Waals surface area (Å²) in [6.07, 6.45) is 46.9. The fourth-order valence-corrected chi connectivity index (χ4v) is 6.08. The molecule has 0 saturated heterocycles. The van der Waals surface area contributed by atoms with Crippen molar-refractivity contribution in [3.05, 3.63) is 72.9 Å². The minimum absolute atomic E-state index is 0.0444. The number of aliphatic hydroxyl groups is 1. The lowest BCUT2D eigenvalue weighted by atomic mass is 10.1. The van der Waals surface area contributed by atoms with Crippen LogP contribution in [-0.2, 0) is 18.4 Å². The van der Waals surface area contributed by atoms with Crippen molar-refractivity contribution >= 4 is 13.7 Å². The van der Waals surface area contributed by atoms with E-state index in [1.165, 1.54) is 64.2 Å². The third kappa shape index (κ3) is 38.0. The molecule has 0 heterocycles. The van der Waals surface area contributed by atoms with Crippen LogP contribution in [0, 0.1) is 0 Å². The Morgan fingerprint density at radius 3 is 1.74 bits per heavy atom. The summed E-state index contributed by atoms with van der Waals surface area (Å²) in [4.78, 5) is 23.0. The number of quaternary nitrogens is 1. The maximum atomic E-state index is 12.8. The van der Waals surface area contributed by atoms with Gasteiger partial charge in [0.1, 0.15) is 13.2 Å². The van der Waals surface area contributed by atoms with E-state index in [4.69, 9.17) is 9.05 Å². The Balaban J connectivity index is 4.63. The van der Waals surface area contributed by atoms with E-state index in [0.29, 0.717) is 23.9 Å². The first-order chi connectivity index (χ1) is 25.5. The highest BCUT2D eigenvalue weighted by Crippen LogP contribution is 2.43. The number of likely N-dealkylation sites (N-methyl/N-ethyl adjacent to an activating group) is 1. The number of nitrogens with one attached hydrogen (secondary N) is 1. The van der Waals surface area contributed by atoms with Crippen LogP contribution in [0.25, 0.3) is 0 Å². The van der Waals surface area contributed by atoms with E-state index < -0.39 is 20.0 Å². The molecule has 0 aliphatic rings. The number of amides is 1. The van der Waals surface area contributed by atoms with Crippen molar-refractivity contribution < 1.29 is 32.9 Å². The zero-order valence-corrected chi connectivity index (χ0v) is 35.4. The molecule has 0 radical (unpaired) electrons. The van der Waals surface area contributed by atoms with Gasteiger partial charge in [-0.3, -0.25) is 13.8 Å². The lowest BCUT2D eigenvalue weighted by Crippen LogP contribution is -2.45. The van der Waals surface area contributed by atoms with E-state index in [-0.39, 0.29) is 19.1 Å². The Bertz CT molecular complexity index is 1090. The number of allylic oxidation sites excluding steroid dienone is 11. The van der Waals surface area contributed by atoms with Gasteiger partial charge in [0.05, 0.1) is 39.9 Å². The van der Waals surface area contributed by atoms with Crippen molar-refractivity contribution in [1.82, 2.24) is 5.32 Å². The summed E-state index contributed by atoms with van der Waals surface area (Å²) >= 11 is 0. The van der Waals surface area contributed by atoms with Crippen LogP contribution >= 0.6 is 7.82 Å². The molecule has 3 N–H and O–H groups in total. The average Bonchev–Trinajstić information content (AvgIpc) is 3.10. The van der Waals surface area contributed by atoms with Gasteiger partial charge >= 0.3 is 7.82 Å². The molecule has 53 heavy (non-hydrogen) atoms. The van der Waals surface area contributed by atoms with Crippen LogP contribution in [0.2, 0.25) is 0 Å². The Kier molecular flexibility index (Phi) is 34.2. The highest BCUT2D eigenvalue weighted by molar-refractivity contribution is 7.47. The highest BCUT2D eigenvalue weighted by Gasteiger charge is 2.27. The fraction of sp³-hybridized carbons (Fsp3) is 0.705. The monoisotopic (exact) mass is 764 g/mol. The number of phosphoric acid groups is 1. The molecule has 3 atom stereocenters. The largest absolute Gasteiger partial charge is 0.472 e. The van der Waals surface area contributed by atoms with Crippen molar-refractivity contribution in [3.8, 4) is 0 Å². The van der Waals surface area contributed by atoms with Crippen LogP contribution in [-0.4, -0.2) is 73.4 Å². The van der Waals surface area contributed by atoms with Crippen molar-refractivity contribution in [2.75, 3.05) is 40.9 Å². The van der Waals surface area contributed by atoms with Crippen LogP contribution in [0.15, 0.2) is 72.9 Å². The lowest BCUT2D eigenvalue weighted by molar-refractivity contribution is -0.870. The van der Waals surface area contributed by atoms with E-state index in [1.807, 2.05) is 27.2 Å². The van der Waals surface area contributed by atoms with Crippen LogP contribution < -0.4 is 5.32 Å².